The molecule has 0 aliphatic heterocycles. The summed E-state index contributed by atoms with van der Waals surface area (Å²) < 4.78 is 0. The quantitative estimate of drug-likeness (QED) is 0.625. The highest BCUT2D eigenvalue weighted by Gasteiger charge is 2.14. The molecule has 1 N–H and O–H groups in total. The summed E-state index contributed by atoms with van der Waals surface area (Å²) in [5.74, 6) is 0.355. The maximum Gasteiger partial charge on any atom is 0.311 e. The van der Waals surface area contributed by atoms with Crippen molar-refractivity contribution in [3.8, 4) is 0 Å². The Balaban J connectivity index is 2.67. The van der Waals surface area contributed by atoms with Crippen LogP contribution in [0.5, 0.6) is 0 Å². The van der Waals surface area contributed by atoms with Gasteiger partial charge in [0, 0.05) is 24.1 Å². The second kappa shape index (κ2) is 6.44. The van der Waals surface area contributed by atoms with E-state index in [0.717, 1.165) is 12.0 Å². The van der Waals surface area contributed by atoms with Gasteiger partial charge in [0.2, 0.25) is 5.82 Å². The molecule has 6 heteroatoms. The average Bonchev–Trinajstić information content (AvgIpc) is 2.30. The SMILES string of the molecule is CSC(C)CCNc1ncc(C)cc1[N+](=O)[O-]. The Labute approximate surface area is 105 Å². The molecule has 17 heavy (non-hydrogen) atoms. The first-order chi connectivity index (χ1) is 8.04. The molecule has 5 nitrogen and oxygen atoms in total. The van der Waals surface area contributed by atoms with Gasteiger partial charge in [0.1, 0.15) is 0 Å². The molecule has 0 spiro atoms. The first kappa shape index (κ1) is 13.8. The molecule has 1 aromatic rings. The molecule has 0 bridgehead atoms. The van der Waals surface area contributed by atoms with Gasteiger partial charge in [-0.3, -0.25) is 10.1 Å². The third kappa shape index (κ3) is 4.22. The predicted molar refractivity (Wildman–Crippen MR) is 71.7 cm³/mol. The molecule has 0 amide bonds. The van der Waals surface area contributed by atoms with E-state index >= 15 is 0 Å². The number of pyridine rings is 1. The Morgan fingerprint density at radius 3 is 2.94 bits per heavy atom. The number of anilines is 1. The van der Waals surface area contributed by atoms with Crippen molar-refractivity contribution in [1.82, 2.24) is 4.98 Å². The number of thioether (sulfide) groups is 1. The number of nitrogens with one attached hydrogen (secondary N) is 1. The van der Waals surface area contributed by atoms with Crippen LogP contribution in [-0.4, -0.2) is 28.0 Å². The van der Waals surface area contributed by atoms with E-state index in [0.29, 0.717) is 17.6 Å². The second-order valence-corrected chi connectivity index (χ2v) is 5.18. The van der Waals surface area contributed by atoms with E-state index in [9.17, 15) is 10.1 Å². The lowest BCUT2D eigenvalue weighted by atomic mass is 10.2. The molecule has 0 aliphatic carbocycles. The van der Waals surface area contributed by atoms with E-state index in [-0.39, 0.29) is 5.69 Å². The van der Waals surface area contributed by atoms with Crippen LogP contribution in [0.2, 0.25) is 0 Å². The van der Waals surface area contributed by atoms with Crippen LogP contribution >= 0.6 is 11.8 Å². The highest BCUT2D eigenvalue weighted by molar-refractivity contribution is 7.99. The first-order valence-corrected chi connectivity index (χ1v) is 6.71. The third-order valence-electron chi connectivity index (χ3n) is 2.45. The Kier molecular flexibility index (Phi) is 5.21. The van der Waals surface area contributed by atoms with Gasteiger partial charge in [0.05, 0.1) is 4.92 Å². The minimum Gasteiger partial charge on any atom is -0.364 e. The first-order valence-electron chi connectivity index (χ1n) is 5.42. The zero-order chi connectivity index (χ0) is 12.8. The molecule has 0 fully saturated rings. The summed E-state index contributed by atoms with van der Waals surface area (Å²) in [6, 6.07) is 1.54. The fourth-order valence-corrected chi connectivity index (χ4v) is 1.69. The van der Waals surface area contributed by atoms with Gasteiger partial charge in [-0.2, -0.15) is 11.8 Å². The van der Waals surface area contributed by atoms with E-state index in [4.69, 9.17) is 0 Å². The van der Waals surface area contributed by atoms with Gasteiger partial charge in [-0.05, 0) is 25.2 Å². The van der Waals surface area contributed by atoms with Crippen molar-refractivity contribution in [3.63, 3.8) is 0 Å². The normalized spacial score (nSPS) is 12.2. The lowest BCUT2D eigenvalue weighted by molar-refractivity contribution is -0.384. The molecular weight excluding hydrogens is 238 g/mol. The van der Waals surface area contributed by atoms with Gasteiger partial charge < -0.3 is 5.32 Å². The molecule has 0 aromatic carbocycles. The summed E-state index contributed by atoms with van der Waals surface area (Å²) in [7, 11) is 0. The van der Waals surface area contributed by atoms with E-state index in [1.165, 1.54) is 6.07 Å². The van der Waals surface area contributed by atoms with Gasteiger partial charge in [0.15, 0.2) is 0 Å². The second-order valence-electron chi connectivity index (χ2n) is 3.90. The van der Waals surface area contributed by atoms with Crippen LogP contribution in [0, 0.1) is 17.0 Å². The standard InChI is InChI=1S/C11H17N3O2S/c1-8-6-10(14(15)16)11(13-7-8)12-5-4-9(2)17-3/h6-7,9H,4-5H2,1-3H3,(H,12,13). The fourth-order valence-electron chi connectivity index (χ4n) is 1.34. The van der Waals surface area contributed by atoms with Crippen molar-refractivity contribution >= 4 is 23.3 Å². The Bertz CT molecular complexity index is 398. The number of rotatable bonds is 6. The third-order valence-corrected chi connectivity index (χ3v) is 3.49. The van der Waals surface area contributed by atoms with E-state index in [1.807, 2.05) is 0 Å². The summed E-state index contributed by atoms with van der Waals surface area (Å²) in [6.45, 7) is 4.61. The number of aryl methyl sites for hydroxylation is 1. The average molecular weight is 255 g/mol. The van der Waals surface area contributed by atoms with Crippen LogP contribution in [0.1, 0.15) is 18.9 Å². The Morgan fingerprint density at radius 1 is 1.65 bits per heavy atom. The lowest BCUT2D eigenvalue weighted by Crippen LogP contribution is -2.10. The molecule has 1 heterocycles. The summed E-state index contributed by atoms with van der Waals surface area (Å²) in [4.78, 5) is 14.5. The van der Waals surface area contributed by atoms with Crippen molar-refractivity contribution in [2.75, 3.05) is 18.1 Å². The van der Waals surface area contributed by atoms with Gasteiger partial charge in [-0.15, -0.1) is 0 Å². The van der Waals surface area contributed by atoms with Crippen LogP contribution in [-0.2, 0) is 0 Å². The number of hydrogen-bond acceptors (Lipinski definition) is 5. The minimum atomic E-state index is -0.402. The number of hydrogen-bond donors (Lipinski definition) is 1. The van der Waals surface area contributed by atoms with Gasteiger partial charge >= 0.3 is 5.69 Å². The van der Waals surface area contributed by atoms with E-state index in [1.54, 1.807) is 24.9 Å². The molecule has 1 unspecified atom stereocenters. The summed E-state index contributed by atoms with van der Waals surface area (Å²) in [5.41, 5.74) is 0.835. The molecule has 1 rings (SSSR count). The molecule has 0 saturated heterocycles. The zero-order valence-electron chi connectivity index (χ0n) is 10.3. The maximum absolute atomic E-state index is 10.8. The number of nitro groups is 1. The Morgan fingerprint density at radius 2 is 2.35 bits per heavy atom. The molecule has 0 saturated carbocycles. The van der Waals surface area contributed by atoms with Gasteiger partial charge in [-0.1, -0.05) is 6.92 Å². The maximum atomic E-state index is 10.8. The van der Waals surface area contributed by atoms with Crippen LogP contribution in [0.15, 0.2) is 12.3 Å². The number of nitrogens with zero attached hydrogens (tertiary/aromatic N) is 2. The number of aromatic nitrogens is 1. The van der Waals surface area contributed by atoms with Crippen LogP contribution in [0.4, 0.5) is 11.5 Å². The van der Waals surface area contributed by atoms with E-state index in [2.05, 4.69) is 23.5 Å². The highest BCUT2D eigenvalue weighted by Crippen LogP contribution is 2.22. The van der Waals surface area contributed by atoms with Crippen LogP contribution < -0.4 is 5.32 Å². The minimum absolute atomic E-state index is 0.0433. The Hall–Kier alpha value is -1.30. The highest BCUT2D eigenvalue weighted by atomic mass is 32.2. The molecule has 0 aliphatic rings. The van der Waals surface area contributed by atoms with Crippen LogP contribution in [0.25, 0.3) is 0 Å². The summed E-state index contributed by atoms with van der Waals surface area (Å²) >= 11 is 1.78. The summed E-state index contributed by atoms with van der Waals surface area (Å²) in [6.07, 6.45) is 4.64. The smallest absolute Gasteiger partial charge is 0.311 e. The summed E-state index contributed by atoms with van der Waals surface area (Å²) in [5, 5.41) is 14.4. The molecule has 1 aromatic heterocycles. The topological polar surface area (TPSA) is 68.1 Å². The van der Waals surface area contributed by atoms with Gasteiger partial charge in [0.25, 0.3) is 0 Å². The molecule has 94 valence electrons. The predicted octanol–water partition coefficient (Wildman–Crippen LogP) is 2.85. The molecule has 1 atom stereocenters. The van der Waals surface area contributed by atoms with Crippen molar-refractivity contribution in [2.45, 2.75) is 25.5 Å². The van der Waals surface area contributed by atoms with Crippen molar-refractivity contribution < 1.29 is 4.92 Å². The van der Waals surface area contributed by atoms with Crippen molar-refractivity contribution in [1.29, 1.82) is 0 Å². The van der Waals surface area contributed by atoms with Gasteiger partial charge in [-0.25, -0.2) is 4.98 Å². The largest absolute Gasteiger partial charge is 0.364 e. The van der Waals surface area contributed by atoms with Crippen LogP contribution in [0.3, 0.4) is 0 Å². The van der Waals surface area contributed by atoms with Crippen molar-refractivity contribution in [3.05, 3.63) is 27.9 Å². The lowest BCUT2D eigenvalue weighted by Gasteiger charge is -2.09. The molecule has 0 radical (unpaired) electrons. The zero-order valence-corrected chi connectivity index (χ0v) is 11.1. The monoisotopic (exact) mass is 255 g/mol. The van der Waals surface area contributed by atoms with E-state index < -0.39 is 4.92 Å². The molecular formula is C11H17N3O2S. The van der Waals surface area contributed by atoms with Crippen molar-refractivity contribution in [2.24, 2.45) is 0 Å². The fraction of sp³-hybridized carbons (Fsp3) is 0.545.